The highest BCUT2D eigenvalue weighted by Gasteiger charge is 2.18. The number of aromatic nitrogens is 2. The molecule has 2 aromatic carbocycles. The number of carbonyl (C=O) groups excluding carboxylic acids is 1. The molecule has 5 heteroatoms. The van der Waals surface area contributed by atoms with E-state index < -0.39 is 5.97 Å². The lowest BCUT2D eigenvalue weighted by molar-refractivity contribution is 0.0600. The second-order valence-corrected chi connectivity index (χ2v) is 8.20. The number of methoxy groups -OCH3 is 1. The van der Waals surface area contributed by atoms with Gasteiger partial charge in [-0.1, -0.05) is 45.0 Å². The highest BCUT2D eigenvalue weighted by Crippen LogP contribution is 2.31. The fourth-order valence-electron chi connectivity index (χ4n) is 3.68. The summed E-state index contributed by atoms with van der Waals surface area (Å²) in [4.78, 5) is 17.0. The number of ether oxygens (including phenoxy) is 1. The van der Waals surface area contributed by atoms with Crippen LogP contribution in [0.2, 0.25) is 0 Å². The van der Waals surface area contributed by atoms with Crippen molar-refractivity contribution >= 4 is 22.5 Å². The van der Waals surface area contributed by atoms with Crippen LogP contribution < -0.4 is 0 Å². The molecule has 0 amide bonds. The first kappa shape index (κ1) is 19.2. The molecule has 0 spiro atoms. The van der Waals surface area contributed by atoms with E-state index in [1.54, 1.807) is 12.1 Å². The summed E-state index contributed by atoms with van der Waals surface area (Å²) in [5, 5.41) is 9.91. The average Bonchev–Trinajstić information content (AvgIpc) is 3.20. The van der Waals surface area contributed by atoms with Crippen LogP contribution in [0.3, 0.4) is 0 Å². The van der Waals surface area contributed by atoms with Gasteiger partial charge in [0.2, 0.25) is 0 Å². The summed E-state index contributed by atoms with van der Waals surface area (Å²) in [7, 11) is 1.34. The Balaban J connectivity index is 1.99. The zero-order chi connectivity index (χ0) is 20.8. The third-order valence-corrected chi connectivity index (χ3v) is 5.25. The molecule has 2 heterocycles. The molecule has 0 radical (unpaired) electrons. The molecule has 0 bridgehead atoms. The SMILES string of the molecule is COC(=O)c1cc(CO)c2c(c1)nc(-c1ccc(C(C)(C)C)cc1)c1cccn12. The molecule has 1 N–H and O–H groups in total. The van der Waals surface area contributed by atoms with Crippen molar-refractivity contribution in [2.75, 3.05) is 7.11 Å². The van der Waals surface area contributed by atoms with Crippen molar-refractivity contribution in [3.63, 3.8) is 0 Å². The van der Waals surface area contributed by atoms with Crippen molar-refractivity contribution < 1.29 is 14.6 Å². The maximum atomic E-state index is 12.1. The summed E-state index contributed by atoms with van der Waals surface area (Å²) < 4.78 is 6.88. The Morgan fingerprint density at radius 3 is 2.48 bits per heavy atom. The quantitative estimate of drug-likeness (QED) is 0.515. The molecular weight excluding hydrogens is 364 g/mol. The predicted octanol–water partition coefficient (Wildman–Crippen LogP) is 4.73. The Bertz CT molecular complexity index is 1220. The highest BCUT2D eigenvalue weighted by molar-refractivity contribution is 5.97. The van der Waals surface area contributed by atoms with Gasteiger partial charge in [0.05, 0.1) is 41.5 Å². The first-order valence-electron chi connectivity index (χ1n) is 9.57. The summed E-state index contributed by atoms with van der Waals surface area (Å²) in [6, 6.07) is 15.8. The number of fused-ring (bicyclic) bond motifs is 3. The van der Waals surface area contributed by atoms with E-state index in [4.69, 9.17) is 9.72 Å². The number of benzene rings is 2. The maximum absolute atomic E-state index is 12.1. The van der Waals surface area contributed by atoms with Gasteiger partial charge in [0.15, 0.2) is 0 Å². The van der Waals surface area contributed by atoms with E-state index in [9.17, 15) is 9.90 Å². The predicted molar refractivity (Wildman–Crippen MR) is 114 cm³/mol. The van der Waals surface area contributed by atoms with Crippen LogP contribution in [-0.4, -0.2) is 27.6 Å². The molecule has 2 aromatic heterocycles. The normalized spacial score (nSPS) is 11.9. The smallest absolute Gasteiger partial charge is 0.337 e. The second-order valence-electron chi connectivity index (χ2n) is 8.20. The standard InChI is InChI=1S/C24H24N2O3/c1-24(2,3)18-9-7-15(8-10-18)21-20-6-5-11-26(20)22-17(14-27)12-16(23(28)29-4)13-19(22)25-21/h5-13,27H,14H2,1-4H3. The molecule has 0 atom stereocenters. The molecule has 0 aliphatic heterocycles. The lowest BCUT2D eigenvalue weighted by atomic mass is 9.86. The van der Waals surface area contributed by atoms with Crippen LogP contribution in [0.5, 0.6) is 0 Å². The molecule has 0 saturated carbocycles. The van der Waals surface area contributed by atoms with Crippen molar-refractivity contribution in [3.8, 4) is 11.3 Å². The summed E-state index contributed by atoms with van der Waals surface area (Å²) in [6.07, 6.45) is 1.95. The molecule has 4 rings (SSSR count). The van der Waals surface area contributed by atoms with Crippen molar-refractivity contribution in [2.24, 2.45) is 0 Å². The first-order chi connectivity index (χ1) is 13.8. The van der Waals surface area contributed by atoms with E-state index in [1.807, 2.05) is 22.7 Å². The molecule has 4 aromatic rings. The van der Waals surface area contributed by atoms with E-state index in [-0.39, 0.29) is 12.0 Å². The molecule has 0 saturated heterocycles. The fraction of sp³-hybridized carbons (Fsp3) is 0.250. The Labute approximate surface area is 169 Å². The van der Waals surface area contributed by atoms with E-state index in [0.717, 1.165) is 22.3 Å². The number of rotatable bonds is 3. The third-order valence-electron chi connectivity index (χ3n) is 5.25. The van der Waals surface area contributed by atoms with Gasteiger partial charge in [-0.25, -0.2) is 9.78 Å². The molecule has 0 aliphatic rings. The van der Waals surface area contributed by atoms with Crippen LogP contribution in [0, 0.1) is 0 Å². The van der Waals surface area contributed by atoms with Gasteiger partial charge in [-0.05, 0) is 35.2 Å². The third kappa shape index (κ3) is 3.28. The molecule has 0 fully saturated rings. The van der Waals surface area contributed by atoms with Gasteiger partial charge in [-0.3, -0.25) is 0 Å². The number of nitrogens with zero attached hydrogens (tertiary/aromatic N) is 2. The number of carbonyl (C=O) groups is 1. The molecule has 29 heavy (non-hydrogen) atoms. The van der Waals surface area contributed by atoms with Gasteiger partial charge in [0.1, 0.15) is 0 Å². The van der Waals surface area contributed by atoms with Crippen molar-refractivity contribution in [1.29, 1.82) is 0 Å². The lowest BCUT2D eigenvalue weighted by Crippen LogP contribution is -2.10. The van der Waals surface area contributed by atoms with Gasteiger partial charge in [-0.15, -0.1) is 0 Å². The van der Waals surface area contributed by atoms with Crippen LogP contribution in [0.25, 0.3) is 27.8 Å². The van der Waals surface area contributed by atoms with E-state index in [0.29, 0.717) is 16.6 Å². The molecule has 5 nitrogen and oxygen atoms in total. The summed E-state index contributed by atoms with van der Waals surface area (Å²) in [5.74, 6) is -0.452. The first-order valence-corrected chi connectivity index (χ1v) is 9.57. The average molecular weight is 388 g/mol. The number of aliphatic hydroxyl groups is 1. The molecule has 148 valence electrons. The number of aliphatic hydroxyl groups excluding tert-OH is 1. The highest BCUT2D eigenvalue weighted by atomic mass is 16.5. The fourth-order valence-corrected chi connectivity index (χ4v) is 3.68. The van der Waals surface area contributed by atoms with E-state index in [2.05, 4.69) is 45.0 Å². The topological polar surface area (TPSA) is 63.8 Å². The van der Waals surface area contributed by atoms with Crippen molar-refractivity contribution in [1.82, 2.24) is 9.38 Å². The molecular formula is C24H24N2O3. The van der Waals surface area contributed by atoms with Crippen LogP contribution in [0.1, 0.15) is 42.3 Å². The van der Waals surface area contributed by atoms with Crippen LogP contribution in [0.15, 0.2) is 54.7 Å². The van der Waals surface area contributed by atoms with Crippen LogP contribution >= 0.6 is 0 Å². The van der Waals surface area contributed by atoms with E-state index in [1.165, 1.54) is 12.7 Å². The molecule has 0 unspecified atom stereocenters. The minimum absolute atomic E-state index is 0.0746. The number of hydrogen-bond acceptors (Lipinski definition) is 4. The van der Waals surface area contributed by atoms with Crippen molar-refractivity contribution in [3.05, 3.63) is 71.4 Å². The van der Waals surface area contributed by atoms with Crippen LogP contribution in [-0.2, 0) is 16.8 Å². The van der Waals surface area contributed by atoms with Crippen LogP contribution in [0.4, 0.5) is 0 Å². The summed E-state index contributed by atoms with van der Waals surface area (Å²) >= 11 is 0. The van der Waals surface area contributed by atoms with E-state index >= 15 is 0 Å². The van der Waals surface area contributed by atoms with Gasteiger partial charge in [-0.2, -0.15) is 0 Å². The zero-order valence-electron chi connectivity index (χ0n) is 17.1. The zero-order valence-corrected chi connectivity index (χ0v) is 17.1. The van der Waals surface area contributed by atoms with Gasteiger partial charge >= 0.3 is 5.97 Å². The largest absolute Gasteiger partial charge is 0.465 e. The van der Waals surface area contributed by atoms with Gasteiger partial charge in [0.25, 0.3) is 0 Å². The number of hydrogen-bond donors (Lipinski definition) is 1. The maximum Gasteiger partial charge on any atom is 0.337 e. The lowest BCUT2D eigenvalue weighted by Gasteiger charge is -2.19. The van der Waals surface area contributed by atoms with Crippen molar-refractivity contribution in [2.45, 2.75) is 32.8 Å². The molecule has 0 aliphatic carbocycles. The summed E-state index contributed by atoms with van der Waals surface area (Å²) in [5.41, 5.74) is 6.52. The monoisotopic (exact) mass is 388 g/mol. The number of esters is 1. The Hall–Kier alpha value is -3.18. The van der Waals surface area contributed by atoms with Gasteiger partial charge in [0, 0.05) is 17.3 Å². The Morgan fingerprint density at radius 1 is 1.14 bits per heavy atom. The Morgan fingerprint density at radius 2 is 1.86 bits per heavy atom. The minimum atomic E-state index is -0.452. The Kier molecular flexibility index (Phi) is 4.63. The second kappa shape index (κ2) is 7.01. The van der Waals surface area contributed by atoms with Gasteiger partial charge < -0.3 is 14.2 Å². The minimum Gasteiger partial charge on any atom is -0.465 e. The summed E-state index contributed by atoms with van der Waals surface area (Å²) in [6.45, 7) is 6.36.